The van der Waals surface area contributed by atoms with Crippen molar-refractivity contribution >= 4 is 32.6 Å². The highest BCUT2D eigenvalue weighted by molar-refractivity contribution is 7.89. The van der Waals surface area contributed by atoms with Gasteiger partial charge in [-0.25, -0.2) is 8.42 Å². The molecule has 2 aliphatic heterocycles. The third kappa shape index (κ3) is 3.86. The molecule has 9 heteroatoms. The van der Waals surface area contributed by atoms with Gasteiger partial charge in [-0.3, -0.25) is 4.79 Å². The number of carbonyl (C=O) groups is 1. The number of anilines is 1. The van der Waals surface area contributed by atoms with Crippen LogP contribution in [0, 0.1) is 0 Å². The van der Waals surface area contributed by atoms with Gasteiger partial charge in [0.05, 0.1) is 10.3 Å². The third-order valence-corrected chi connectivity index (χ3v) is 8.18. The van der Waals surface area contributed by atoms with Crippen molar-refractivity contribution in [3.63, 3.8) is 0 Å². The Morgan fingerprint density at radius 3 is 2.31 bits per heavy atom. The molecule has 0 saturated carbocycles. The summed E-state index contributed by atoms with van der Waals surface area (Å²) in [5, 5.41) is 4.42. The molecular formula is C23H26N4O4S. The van der Waals surface area contributed by atoms with Gasteiger partial charge < -0.3 is 14.3 Å². The van der Waals surface area contributed by atoms with Gasteiger partial charge in [-0.15, -0.1) is 0 Å². The molecular weight excluding hydrogens is 428 g/mol. The molecule has 0 aliphatic carbocycles. The van der Waals surface area contributed by atoms with Crippen LogP contribution in [0.1, 0.15) is 29.8 Å². The summed E-state index contributed by atoms with van der Waals surface area (Å²) in [6, 6.07) is 14.6. The standard InChI is InChI=1S/C23H26N4O4S/c28-23(26-11-5-2-6-12-26)22-20-17-19(9-10-21(20)31-24-22)32(29,30)27-15-13-25(14-16-27)18-7-3-1-4-8-18/h1,3-4,7-10,17H,2,5-6,11-16H2. The highest BCUT2D eigenvalue weighted by Gasteiger charge is 2.30. The van der Waals surface area contributed by atoms with Crippen LogP contribution in [-0.2, 0) is 10.0 Å². The fourth-order valence-corrected chi connectivity index (χ4v) is 5.90. The highest BCUT2D eigenvalue weighted by atomic mass is 32.2. The molecule has 0 spiro atoms. The molecule has 8 nitrogen and oxygen atoms in total. The van der Waals surface area contributed by atoms with Gasteiger partial charge in [0, 0.05) is 45.0 Å². The Morgan fingerprint density at radius 2 is 1.59 bits per heavy atom. The number of para-hydroxylation sites is 1. The number of nitrogens with zero attached hydrogens (tertiary/aromatic N) is 4. The lowest BCUT2D eigenvalue weighted by Gasteiger charge is -2.35. The van der Waals surface area contributed by atoms with E-state index in [4.69, 9.17) is 4.52 Å². The van der Waals surface area contributed by atoms with E-state index in [1.165, 1.54) is 16.4 Å². The van der Waals surface area contributed by atoms with Gasteiger partial charge in [0.2, 0.25) is 10.0 Å². The average Bonchev–Trinajstić information content (AvgIpc) is 3.28. The molecule has 0 atom stereocenters. The van der Waals surface area contributed by atoms with E-state index in [1.807, 2.05) is 30.3 Å². The first-order chi connectivity index (χ1) is 15.5. The number of aromatic nitrogens is 1. The Bertz CT molecular complexity index is 1210. The first-order valence-electron chi connectivity index (χ1n) is 11.0. The molecule has 1 amide bonds. The van der Waals surface area contributed by atoms with Crippen LogP contribution in [-0.4, -0.2) is 68.0 Å². The second-order valence-corrected chi connectivity index (χ2v) is 10.2. The zero-order valence-corrected chi connectivity index (χ0v) is 18.6. The van der Waals surface area contributed by atoms with Gasteiger partial charge >= 0.3 is 0 Å². The number of piperazine rings is 1. The highest BCUT2D eigenvalue weighted by Crippen LogP contribution is 2.27. The largest absolute Gasteiger partial charge is 0.369 e. The van der Waals surface area contributed by atoms with Crippen molar-refractivity contribution in [3.8, 4) is 0 Å². The maximum Gasteiger partial charge on any atom is 0.276 e. The fourth-order valence-electron chi connectivity index (χ4n) is 4.45. The minimum atomic E-state index is -3.69. The first-order valence-corrected chi connectivity index (χ1v) is 12.5. The number of carbonyl (C=O) groups excluding carboxylic acids is 1. The van der Waals surface area contributed by atoms with Crippen LogP contribution in [0.3, 0.4) is 0 Å². The van der Waals surface area contributed by atoms with E-state index in [-0.39, 0.29) is 16.5 Å². The summed E-state index contributed by atoms with van der Waals surface area (Å²) in [7, 11) is -3.69. The zero-order valence-electron chi connectivity index (χ0n) is 17.8. The minimum Gasteiger partial charge on any atom is -0.369 e. The van der Waals surface area contributed by atoms with E-state index in [0.29, 0.717) is 50.2 Å². The van der Waals surface area contributed by atoms with Crippen LogP contribution in [0.5, 0.6) is 0 Å². The second kappa shape index (κ2) is 8.55. The Kier molecular flexibility index (Phi) is 5.60. The zero-order chi connectivity index (χ0) is 22.1. The Balaban J connectivity index is 1.37. The van der Waals surface area contributed by atoms with Crippen LogP contribution >= 0.6 is 0 Å². The molecule has 0 unspecified atom stereocenters. The first kappa shape index (κ1) is 21.0. The van der Waals surface area contributed by atoms with Crippen molar-refractivity contribution in [1.29, 1.82) is 0 Å². The normalized spacial score (nSPS) is 18.2. The topological polar surface area (TPSA) is 87.0 Å². The van der Waals surface area contributed by atoms with E-state index < -0.39 is 10.0 Å². The molecule has 2 aromatic carbocycles. The van der Waals surface area contributed by atoms with Gasteiger partial charge in [0.15, 0.2) is 11.3 Å². The van der Waals surface area contributed by atoms with Crippen LogP contribution in [0.2, 0.25) is 0 Å². The Hall–Kier alpha value is -2.91. The van der Waals surface area contributed by atoms with E-state index >= 15 is 0 Å². The van der Waals surface area contributed by atoms with Crippen molar-refractivity contribution in [2.45, 2.75) is 24.2 Å². The number of piperidine rings is 1. The molecule has 0 N–H and O–H groups in total. The summed E-state index contributed by atoms with van der Waals surface area (Å²) in [5.41, 5.74) is 1.70. The summed E-state index contributed by atoms with van der Waals surface area (Å²) in [5.74, 6) is -0.200. The average molecular weight is 455 g/mol. The summed E-state index contributed by atoms with van der Waals surface area (Å²) in [4.78, 5) is 17.1. The summed E-state index contributed by atoms with van der Waals surface area (Å²) >= 11 is 0. The lowest BCUT2D eigenvalue weighted by molar-refractivity contribution is 0.0716. The number of hydrogen-bond acceptors (Lipinski definition) is 6. The predicted molar refractivity (Wildman–Crippen MR) is 121 cm³/mol. The lowest BCUT2D eigenvalue weighted by Crippen LogP contribution is -2.48. The number of fused-ring (bicyclic) bond motifs is 1. The number of rotatable bonds is 4. The third-order valence-electron chi connectivity index (χ3n) is 6.29. The van der Waals surface area contributed by atoms with E-state index in [1.54, 1.807) is 11.0 Å². The molecule has 2 fully saturated rings. The van der Waals surface area contributed by atoms with Crippen molar-refractivity contribution in [2.75, 3.05) is 44.2 Å². The van der Waals surface area contributed by atoms with Crippen LogP contribution in [0.4, 0.5) is 5.69 Å². The maximum absolute atomic E-state index is 13.3. The lowest BCUT2D eigenvalue weighted by atomic mass is 10.1. The van der Waals surface area contributed by atoms with Crippen molar-refractivity contribution in [3.05, 3.63) is 54.2 Å². The molecule has 3 aromatic rings. The van der Waals surface area contributed by atoms with Gasteiger partial charge in [-0.05, 0) is 49.6 Å². The number of sulfonamides is 1. The fraction of sp³-hybridized carbons (Fsp3) is 0.391. The predicted octanol–water partition coefficient (Wildman–Crippen LogP) is 2.96. The number of benzene rings is 2. The van der Waals surface area contributed by atoms with E-state index in [2.05, 4.69) is 10.1 Å². The summed E-state index contributed by atoms with van der Waals surface area (Å²) in [6.45, 7) is 3.43. The molecule has 3 heterocycles. The number of hydrogen-bond donors (Lipinski definition) is 0. The van der Waals surface area contributed by atoms with Gasteiger partial charge in [-0.2, -0.15) is 4.31 Å². The molecule has 1 aromatic heterocycles. The molecule has 168 valence electrons. The van der Waals surface area contributed by atoms with E-state index in [0.717, 1.165) is 24.9 Å². The van der Waals surface area contributed by atoms with Gasteiger partial charge in [-0.1, -0.05) is 23.4 Å². The summed E-state index contributed by atoms with van der Waals surface area (Å²) in [6.07, 6.45) is 3.05. The number of amides is 1. The Morgan fingerprint density at radius 1 is 0.875 bits per heavy atom. The quantitative estimate of drug-likeness (QED) is 0.602. The summed E-state index contributed by atoms with van der Waals surface area (Å²) < 4.78 is 33.5. The van der Waals surface area contributed by atoms with E-state index in [9.17, 15) is 13.2 Å². The molecule has 2 aliphatic rings. The van der Waals surface area contributed by atoms with Gasteiger partial charge in [0.25, 0.3) is 5.91 Å². The van der Waals surface area contributed by atoms with Crippen molar-refractivity contribution in [1.82, 2.24) is 14.4 Å². The molecule has 32 heavy (non-hydrogen) atoms. The van der Waals surface area contributed by atoms with Gasteiger partial charge in [0.1, 0.15) is 0 Å². The monoisotopic (exact) mass is 454 g/mol. The molecule has 0 radical (unpaired) electrons. The maximum atomic E-state index is 13.3. The molecule has 2 saturated heterocycles. The molecule has 5 rings (SSSR count). The van der Waals surface area contributed by atoms with Crippen molar-refractivity contribution < 1.29 is 17.7 Å². The Labute approximate surface area is 187 Å². The smallest absolute Gasteiger partial charge is 0.276 e. The second-order valence-electron chi connectivity index (χ2n) is 8.27. The minimum absolute atomic E-state index is 0.161. The SMILES string of the molecule is O=C(c1noc2ccc(S(=O)(=O)N3CCN(c4ccccc4)CC3)cc12)N1CCCCC1. The van der Waals surface area contributed by atoms with Crippen LogP contribution < -0.4 is 4.90 Å². The van der Waals surface area contributed by atoms with Crippen LogP contribution in [0.15, 0.2) is 57.9 Å². The molecule has 0 bridgehead atoms. The number of likely N-dealkylation sites (tertiary alicyclic amines) is 1. The van der Waals surface area contributed by atoms with Crippen LogP contribution in [0.25, 0.3) is 11.0 Å². The van der Waals surface area contributed by atoms with Crippen molar-refractivity contribution in [2.24, 2.45) is 0 Å².